The molecule has 0 bridgehead atoms. The summed E-state index contributed by atoms with van der Waals surface area (Å²) in [6.45, 7) is 0.782. The van der Waals surface area contributed by atoms with Gasteiger partial charge in [-0.25, -0.2) is 0 Å². The smallest absolute Gasteiger partial charge is 0.293 e. The SMILES string of the molecule is NC(=O)c1ccc(NCCOCCO)c([N+](=O)[O-])c1. The number of carbonyl (C=O) groups excluding carboxylic acids is 1. The molecule has 0 spiro atoms. The van der Waals surface area contributed by atoms with E-state index in [1.54, 1.807) is 0 Å². The summed E-state index contributed by atoms with van der Waals surface area (Å²) in [5.41, 5.74) is 5.20. The van der Waals surface area contributed by atoms with Gasteiger partial charge in [0.1, 0.15) is 5.69 Å². The predicted molar refractivity (Wildman–Crippen MR) is 68.0 cm³/mol. The molecule has 0 aliphatic heterocycles. The van der Waals surface area contributed by atoms with E-state index in [1.165, 1.54) is 12.1 Å². The van der Waals surface area contributed by atoms with Crippen molar-refractivity contribution in [1.82, 2.24) is 0 Å². The Morgan fingerprint density at radius 3 is 2.79 bits per heavy atom. The third-order valence-corrected chi connectivity index (χ3v) is 2.28. The van der Waals surface area contributed by atoms with Crippen LogP contribution in [0.15, 0.2) is 18.2 Å². The number of ether oxygens (including phenoxy) is 1. The molecule has 8 heteroatoms. The molecule has 104 valence electrons. The van der Waals surface area contributed by atoms with Crippen LogP contribution in [-0.2, 0) is 4.74 Å². The van der Waals surface area contributed by atoms with Crippen LogP contribution >= 0.6 is 0 Å². The fourth-order valence-corrected chi connectivity index (χ4v) is 1.41. The molecule has 0 atom stereocenters. The van der Waals surface area contributed by atoms with E-state index in [-0.39, 0.29) is 30.2 Å². The molecule has 0 aromatic heterocycles. The van der Waals surface area contributed by atoms with Gasteiger partial charge in [-0.2, -0.15) is 0 Å². The fourth-order valence-electron chi connectivity index (χ4n) is 1.41. The minimum atomic E-state index is -0.721. The number of hydrogen-bond donors (Lipinski definition) is 3. The van der Waals surface area contributed by atoms with Crippen molar-refractivity contribution in [2.45, 2.75) is 0 Å². The number of anilines is 1. The largest absolute Gasteiger partial charge is 0.394 e. The van der Waals surface area contributed by atoms with Gasteiger partial charge in [-0.15, -0.1) is 0 Å². The molecule has 0 radical (unpaired) electrons. The number of primary amides is 1. The number of nitrogens with one attached hydrogen (secondary N) is 1. The lowest BCUT2D eigenvalue weighted by Gasteiger charge is -2.08. The first-order valence-electron chi connectivity index (χ1n) is 5.57. The van der Waals surface area contributed by atoms with Crippen LogP contribution in [0, 0.1) is 10.1 Å². The number of hydrogen-bond acceptors (Lipinski definition) is 6. The van der Waals surface area contributed by atoms with Gasteiger partial charge in [0, 0.05) is 18.2 Å². The third-order valence-electron chi connectivity index (χ3n) is 2.28. The second-order valence-corrected chi connectivity index (χ2v) is 3.62. The van der Waals surface area contributed by atoms with Gasteiger partial charge in [-0.05, 0) is 12.1 Å². The van der Waals surface area contributed by atoms with Gasteiger partial charge in [0.15, 0.2) is 0 Å². The van der Waals surface area contributed by atoms with Crippen LogP contribution in [0.5, 0.6) is 0 Å². The monoisotopic (exact) mass is 269 g/mol. The summed E-state index contributed by atoms with van der Waals surface area (Å²) in [7, 11) is 0. The van der Waals surface area contributed by atoms with Crippen molar-refractivity contribution in [2.24, 2.45) is 5.73 Å². The molecule has 0 fully saturated rings. The summed E-state index contributed by atoms with van der Waals surface area (Å²) in [5.74, 6) is -0.721. The summed E-state index contributed by atoms with van der Waals surface area (Å²) in [4.78, 5) is 21.2. The van der Waals surface area contributed by atoms with Gasteiger partial charge in [0.2, 0.25) is 5.91 Å². The zero-order chi connectivity index (χ0) is 14.3. The Morgan fingerprint density at radius 2 is 2.21 bits per heavy atom. The number of nitro benzene ring substituents is 1. The minimum Gasteiger partial charge on any atom is -0.394 e. The lowest BCUT2D eigenvalue weighted by atomic mass is 10.1. The summed E-state index contributed by atoms with van der Waals surface area (Å²) >= 11 is 0. The fraction of sp³-hybridized carbons (Fsp3) is 0.364. The Bertz CT molecular complexity index is 464. The zero-order valence-corrected chi connectivity index (χ0v) is 10.2. The second-order valence-electron chi connectivity index (χ2n) is 3.62. The van der Waals surface area contributed by atoms with E-state index >= 15 is 0 Å². The number of nitrogens with zero attached hydrogens (tertiary/aromatic N) is 1. The number of aliphatic hydroxyl groups is 1. The van der Waals surface area contributed by atoms with Crippen molar-refractivity contribution in [3.8, 4) is 0 Å². The Balaban J connectivity index is 2.71. The molecular weight excluding hydrogens is 254 g/mol. The highest BCUT2D eigenvalue weighted by molar-refractivity contribution is 5.94. The standard InChI is InChI=1S/C11H15N3O5/c12-11(16)8-1-2-9(10(7-8)14(17)18)13-3-5-19-6-4-15/h1-2,7,13,15H,3-6H2,(H2,12,16). The van der Waals surface area contributed by atoms with E-state index in [4.69, 9.17) is 15.6 Å². The van der Waals surface area contributed by atoms with E-state index in [0.717, 1.165) is 6.07 Å². The number of benzene rings is 1. The van der Waals surface area contributed by atoms with Crippen molar-refractivity contribution in [2.75, 3.05) is 31.7 Å². The Hall–Kier alpha value is -2.19. The van der Waals surface area contributed by atoms with Gasteiger partial charge in [-0.1, -0.05) is 0 Å². The molecule has 19 heavy (non-hydrogen) atoms. The average molecular weight is 269 g/mol. The summed E-state index contributed by atoms with van der Waals surface area (Å²) in [6, 6.07) is 3.95. The van der Waals surface area contributed by atoms with Crippen LogP contribution in [0.1, 0.15) is 10.4 Å². The first-order valence-corrected chi connectivity index (χ1v) is 5.57. The van der Waals surface area contributed by atoms with Crippen LogP contribution in [0.2, 0.25) is 0 Å². The molecule has 0 saturated carbocycles. The number of carbonyl (C=O) groups is 1. The molecular formula is C11H15N3O5. The van der Waals surface area contributed by atoms with Crippen LogP contribution in [-0.4, -0.2) is 42.3 Å². The number of rotatable bonds is 8. The predicted octanol–water partition coefficient (Wildman–Crippen LogP) is 0.115. The Kier molecular flexibility index (Phi) is 5.71. The summed E-state index contributed by atoms with van der Waals surface area (Å²) < 4.78 is 5.01. The van der Waals surface area contributed by atoms with E-state index < -0.39 is 10.8 Å². The highest BCUT2D eigenvalue weighted by Crippen LogP contribution is 2.25. The van der Waals surface area contributed by atoms with Crippen LogP contribution in [0.25, 0.3) is 0 Å². The Morgan fingerprint density at radius 1 is 1.47 bits per heavy atom. The van der Waals surface area contributed by atoms with Crippen LogP contribution < -0.4 is 11.1 Å². The van der Waals surface area contributed by atoms with Gasteiger partial charge >= 0.3 is 0 Å². The number of nitro groups is 1. The topological polar surface area (TPSA) is 128 Å². The minimum absolute atomic E-state index is 0.0759. The second kappa shape index (κ2) is 7.29. The lowest BCUT2D eigenvalue weighted by molar-refractivity contribution is -0.384. The van der Waals surface area contributed by atoms with Gasteiger partial charge in [-0.3, -0.25) is 14.9 Å². The highest BCUT2D eigenvalue weighted by atomic mass is 16.6. The summed E-state index contributed by atoms with van der Waals surface area (Å²) in [6.07, 6.45) is 0. The van der Waals surface area contributed by atoms with E-state index in [2.05, 4.69) is 5.32 Å². The number of aliphatic hydroxyl groups excluding tert-OH is 1. The van der Waals surface area contributed by atoms with E-state index in [9.17, 15) is 14.9 Å². The number of nitrogens with two attached hydrogens (primary N) is 1. The molecule has 0 heterocycles. The van der Waals surface area contributed by atoms with Gasteiger partial charge in [0.25, 0.3) is 5.69 Å². The molecule has 0 aliphatic carbocycles. The normalized spacial score (nSPS) is 10.2. The first-order chi connectivity index (χ1) is 9.06. The molecule has 4 N–H and O–H groups in total. The average Bonchev–Trinajstić information content (AvgIpc) is 2.38. The van der Waals surface area contributed by atoms with Crippen LogP contribution in [0.3, 0.4) is 0 Å². The highest BCUT2D eigenvalue weighted by Gasteiger charge is 2.16. The van der Waals surface area contributed by atoms with E-state index in [1.807, 2.05) is 0 Å². The number of amides is 1. The van der Waals surface area contributed by atoms with Crippen molar-refractivity contribution in [1.29, 1.82) is 0 Å². The third kappa shape index (κ3) is 4.53. The van der Waals surface area contributed by atoms with Crippen molar-refractivity contribution < 1.29 is 19.6 Å². The molecule has 8 nitrogen and oxygen atoms in total. The molecule has 0 aliphatic rings. The molecule has 1 aromatic rings. The van der Waals surface area contributed by atoms with Crippen molar-refractivity contribution >= 4 is 17.3 Å². The van der Waals surface area contributed by atoms with Gasteiger partial charge < -0.3 is 20.9 Å². The molecule has 1 aromatic carbocycles. The Labute approximate surface area is 109 Å². The van der Waals surface area contributed by atoms with Gasteiger partial charge in [0.05, 0.1) is 24.7 Å². The zero-order valence-electron chi connectivity index (χ0n) is 10.2. The van der Waals surface area contributed by atoms with E-state index in [0.29, 0.717) is 13.2 Å². The van der Waals surface area contributed by atoms with Crippen LogP contribution in [0.4, 0.5) is 11.4 Å². The molecule has 1 amide bonds. The lowest BCUT2D eigenvalue weighted by Crippen LogP contribution is -2.14. The maximum atomic E-state index is 11.0. The summed E-state index contributed by atoms with van der Waals surface area (Å²) in [5, 5.41) is 22.2. The van der Waals surface area contributed by atoms with Crippen molar-refractivity contribution in [3.63, 3.8) is 0 Å². The quantitative estimate of drug-likeness (QED) is 0.349. The maximum Gasteiger partial charge on any atom is 0.293 e. The molecule has 0 unspecified atom stereocenters. The molecule has 0 saturated heterocycles. The first kappa shape index (κ1) is 14.9. The maximum absolute atomic E-state index is 11.0. The van der Waals surface area contributed by atoms with Crippen molar-refractivity contribution in [3.05, 3.63) is 33.9 Å². The molecule has 1 rings (SSSR count).